The first-order valence-corrected chi connectivity index (χ1v) is 7.03. The molecular formula is C15H19NS. The van der Waals surface area contributed by atoms with Crippen molar-refractivity contribution >= 4 is 11.3 Å². The maximum atomic E-state index is 3.70. The van der Waals surface area contributed by atoms with Gasteiger partial charge in [0.25, 0.3) is 0 Å². The van der Waals surface area contributed by atoms with Crippen LogP contribution >= 0.6 is 11.3 Å². The van der Waals surface area contributed by atoms with Gasteiger partial charge in [0.1, 0.15) is 0 Å². The molecule has 2 unspecified atom stereocenters. The number of hydrogen-bond acceptors (Lipinski definition) is 2. The van der Waals surface area contributed by atoms with Crippen LogP contribution in [0.3, 0.4) is 0 Å². The van der Waals surface area contributed by atoms with Crippen LogP contribution in [-0.4, -0.2) is 0 Å². The number of hydrogen-bond donors (Lipinski definition) is 1. The highest BCUT2D eigenvalue weighted by Crippen LogP contribution is 2.24. The molecule has 1 heterocycles. The van der Waals surface area contributed by atoms with E-state index in [1.54, 1.807) is 0 Å². The lowest BCUT2D eigenvalue weighted by molar-refractivity contribution is 0.460. The molecule has 0 bridgehead atoms. The first-order valence-electron chi connectivity index (χ1n) is 6.15. The lowest BCUT2D eigenvalue weighted by Gasteiger charge is -2.22. The van der Waals surface area contributed by atoms with Crippen molar-refractivity contribution in [3.63, 3.8) is 0 Å². The fourth-order valence-corrected chi connectivity index (χ4v) is 2.80. The molecule has 90 valence electrons. The van der Waals surface area contributed by atoms with E-state index in [0.29, 0.717) is 12.1 Å². The quantitative estimate of drug-likeness (QED) is 0.815. The van der Waals surface area contributed by atoms with Gasteiger partial charge >= 0.3 is 0 Å². The Bertz CT molecular complexity index is 421. The summed E-state index contributed by atoms with van der Waals surface area (Å²) in [7, 11) is 0. The maximum absolute atomic E-state index is 3.70. The Labute approximate surface area is 108 Å². The normalized spacial score (nSPS) is 14.5. The van der Waals surface area contributed by atoms with Crippen molar-refractivity contribution in [3.05, 3.63) is 58.3 Å². The summed E-state index contributed by atoms with van der Waals surface area (Å²) in [6, 6.07) is 15.8. The fourth-order valence-electron chi connectivity index (χ4n) is 2.06. The number of thiophene rings is 1. The van der Waals surface area contributed by atoms with Gasteiger partial charge in [0.2, 0.25) is 0 Å². The summed E-state index contributed by atoms with van der Waals surface area (Å²) in [5.74, 6) is 0. The van der Waals surface area contributed by atoms with E-state index in [9.17, 15) is 0 Å². The molecule has 0 aliphatic rings. The SMILES string of the molecule is CCC(NC(C)c1cccs1)c1ccccc1. The zero-order valence-electron chi connectivity index (χ0n) is 10.4. The van der Waals surface area contributed by atoms with Crippen LogP contribution in [0, 0.1) is 0 Å². The molecule has 1 nitrogen and oxygen atoms in total. The second-order valence-corrected chi connectivity index (χ2v) is 5.25. The van der Waals surface area contributed by atoms with E-state index in [2.05, 4.69) is 67.0 Å². The standard InChI is InChI=1S/C15H19NS/c1-3-14(13-8-5-4-6-9-13)16-12(2)15-10-7-11-17-15/h4-12,14,16H,3H2,1-2H3. The smallest absolute Gasteiger partial charge is 0.0391 e. The van der Waals surface area contributed by atoms with Crippen LogP contribution in [0.25, 0.3) is 0 Å². The predicted molar refractivity (Wildman–Crippen MR) is 75.3 cm³/mol. The van der Waals surface area contributed by atoms with Gasteiger partial charge in [-0.25, -0.2) is 0 Å². The molecule has 2 aromatic rings. The molecule has 2 atom stereocenters. The van der Waals surface area contributed by atoms with E-state index in [1.165, 1.54) is 10.4 Å². The molecule has 2 rings (SSSR count). The summed E-state index contributed by atoms with van der Waals surface area (Å²) in [6.45, 7) is 4.46. The van der Waals surface area contributed by atoms with E-state index < -0.39 is 0 Å². The van der Waals surface area contributed by atoms with Gasteiger partial charge in [-0.2, -0.15) is 0 Å². The molecule has 1 aromatic heterocycles. The number of nitrogens with one attached hydrogen (secondary N) is 1. The average Bonchev–Trinajstić information content (AvgIpc) is 2.90. The monoisotopic (exact) mass is 245 g/mol. The third kappa shape index (κ3) is 3.18. The summed E-state index contributed by atoms with van der Waals surface area (Å²) in [5, 5.41) is 5.83. The molecule has 0 aliphatic carbocycles. The van der Waals surface area contributed by atoms with Gasteiger partial charge in [-0.1, -0.05) is 43.3 Å². The Balaban J connectivity index is 2.06. The largest absolute Gasteiger partial charge is 0.303 e. The summed E-state index contributed by atoms with van der Waals surface area (Å²) < 4.78 is 0. The van der Waals surface area contributed by atoms with E-state index in [-0.39, 0.29) is 0 Å². The van der Waals surface area contributed by atoms with Crippen LogP contribution in [-0.2, 0) is 0 Å². The second kappa shape index (κ2) is 5.99. The molecule has 0 radical (unpaired) electrons. The predicted octanol–water partition coefficient (Wildman–Crippen LogP) is 4.55. The van der Waals surface area contributed by atoms with Gasteiger partial charge in [0.15, 0.2) is 0 Å². The fraction of sp³-hybridized carbons (Fsp3) is 0.333. The zero-order valence-corrected chi connectivity index (χ0v) is 11.2. The van der Waals surface area contributed by atoms with Crippen LogP contribution in [0.15, 0.2) is 47.8 Å². The first-order chi connectivity index (χ1) is 8.31. The molecule has 1 N–H and O–H groups in total. The molecule has 1 aromatic carbocycles. The van der Waals surface area contributed by atoms with Gasteiger partial charge in [-0.3, -0.25) is 0 Å². The van der Waals surface area contributed by atoms with Crippen molar-refractivity contribution in [1.82, 2.24) is 5.32 Å². The highest BCUT2D eigenvalue weighted by atomic mass is 32.1. The summed E-state index contributed by atoms with van der Waals surface area (Å²) in [4.78, 5) is 1.40. The Kier molecular flexibility index (Phi) is 4.35. The Morgan fingerprint density at radius 3 is 2.47 bits per heavy atom. The van der Waals surface area contributed by atoms with Crippen LogP contribution in [0.1, 0.15) is 42.8 Å². The van der Waals surface area contributed by atoms with E-state index in [1.807, 2.05) is 11.3 Å². The summed E-state index contributed by atoms with van der Waals surface area (Å²) >= 11 is 1.82. The van der Waals surface area contributed by atoms with Crippen molar-refractivity contribution in [2.45, 2.75) is 32.4 Å². The third-order valence-electron chi connectivity index (χ3n) is 3.03. The molecule has 0 spiro atoms. The van der Waals surface area contributed by atoms with Gasteiger partial charge in [0, 0.05) is 17.0 Å². The van der Waals surface area contributed by atoms with Crippen molar-refractivity contribution in [2.24, 2.45) is 0 Å². The van der Waals surface area contributed by atoms with Crippen LogP contribution in [0.2, 0.25) is 0 Å². The third-order valence-corrected chi connectivity index (χ3v) is 4.09. The van der Waals surface area contributed by atoms with E-state index >= 15 is 0 Å². The Morgan fingerprint density at radius 2 is 1.88 bits per heavy atom. The van der Waals surface area contributed by atoms with Gasteiger partial charge in [-0.15, -0.1) is 11.3 Å². The highest BCUT2D eigenvalue weighted by Gasteiger charge is 2.13. The minimum atomic E-state index is 0.417. The number of rotatable bonds is 5. The Morgan fingerprint density at radius 1 is 1.12 bits per heavy atom. The van der Waals surface area contributed by atoms with Crippen LogP contribution in [0.5, 0.6) is 0 Å². The van der Waals surface area contributed by atoms with Gasteiger partial charge < -0.3 is 5.32 Å². The van der Waals surface area contributed by atoms with Crippen LogP contribution < -0.4 is 5.32 Å². The highest BCUT2D eigenvalue weighted by molar-refractivity contribution is 7.10. The Hall–Kier alpha value is -1.12. The molecule has 2 heteroatoms. The lowest BCUT2D eigenvalue weighted by Crippen LogP contribution is -2.23. The van der Waals surface area contributed by atoms with Crippen LogP contribution in [0.4, 0.5) is 0 Å². The molecule has 0 aliphatic heterocycles. The zero-order chi connectivity index (χ0) is 12.1. The first kappa shape index (κ1) is 12.3. The van der Waals surface area contributed by atoms with Crippen molar-refractivity contribution < 1.29 is 0 Å². The summed E-state index contributed by atoms with van der Waals surface area (Å²) in [5.41, 5.74) is 1.37. The van der Waals surface area contributed by atoms with E-state index in [4.69, 9.17) is 0 Å². The molecule has 0 amide bonds. The second-order valence-electron chi connectivity index (χ2n) is 4.28. The molecule has 0 saturated carbocycles. The van der Waals surface area contributed by atoms with Gasteiger partial charge in [-0.05, 0) is 30.4 Å². The minimum absolute atomic E-state index is 0.417. The minimum Gasteiger partial charge on any atom is -0.303 e. The van der Waals surface area contributed by atoms with Crippen molar-refractivity contribution in [2.75, 3.05) is 0 Å². The van der Waals surface area contributed by atoms with Gasteiger partial charge in [0.05, 0.1) is 0 Å². The molecule has 0 fully saturated rings. The topological polar surface area (TPSA) is 12.0 Å². The molecule has 0 saturated heterocycles. The van der Waals surface area contributed by atoms with Crippen molar-refractivity contribution in [3.8, 4) is 0 Å². The summed E-state index contributed by atoms with van der Waals surface area (Å²) in [6.07, 6.45) is 1.11. The lowest BCUT2D eigenvalue weighted by atomic mass is 10.0. The van der Waals surface area contributed by atoms with Crippen molar-refractivity contribution in [1.29, 1.82) is 0 Å². The molecular weight excluding hydrogens is 226 g/mol. The molecule has 17 heavy (non-hydrogen) atoms. The van der Waals surface area contributed by atoms with E-state index in [0.717, 1.165) is 6.42 Å². The average molecular weight is 245 g/mol. The maximum Gasteiger partial charge on any atom is 0.0391 e. The number of benzene rings is 1.